The highest BCUT2D eigenvalue weighted by Crippen LogP contribution is 2.17. The summed E-state index contributed by atoms with van der Waals surface area (Å²) >= 11 is 0. The Hall–Kier alpha value is -2.44. The lowest BCUT2D eigenvalue weighted by Gasteiger charge is -2.11. The number of aromatic nitrogens is 5. The van der Waals surface area contributed by atoms with Gasteiger partial charge < -0.3 is 9.73 Å². The van der Waals surface area contributed by atoms with E-state index in [1.165, 1.54) is 4.63 Å². The molecule has 0 saturated carbocycles. The molecule has 3 aromatic rings. The minimum Gasteiger partial charge on any atom is -0.467 e. The Balaban J connectivity index is 1.84. The third kappa shape index (κ3) is 1.82. The molecule has 1 N–H and O–H groups in total. The van der Waals surface area contributed by atoms with Crippen LogP contribution < -0.4 is 5.32 Å². The van der Waals surface area contributed by atoms with Crippen LogP contribution in [0.2, 0.25) is 0 Å². The third-order valence-corrected chi connectivity index (χ3v) is 2.40. The molecule has 0 radical (unpaired) electrons. The molecular formula is C10H10N6O. The van der Waals surface area contributed by atoms with Gasteiger partial charge in [-0.05, 0) is 41.6 Å². The molecular weight excluding hydrogens is 220 g/mol. The number of anilines is 1. The van der Waals surface area contributed by atoms with Crippen LogP contribution in [0.3, 0.4) is 0 Å². The number of nitrogens with zero attached hydrogens (tertiary/aromatic N) is 5. The van der Waals surface area contributed by atoms with Crippen LogP contribution in [-0.2, 0) is 0 Å². The average Bonchev–Trinajstić information content (AvgIpc) is 2.99. The van der Waals surface area contributed by atoms with E-state index in [1.807, 2.05) is 25.1 Å². The van der Waals surface area contributed by atoms with Gasteiger partial charge in [-0.2, -0.15) is 0 Å². The fraction of sp³-hybridized carbons (Fsp3) is 0.200. The maximum absolute atomic E-state index is 5.30. The fourth-order valence-electron chi connectivity index (χ4n) is 1.56. The second kappa shape index (κ2) is 3.85. The summed E-state index contributed by atoms with van der Waals surface area (Å²) in [6.07, 6.45) is 1.64. The lowest BCUT2D eigenvalue weighted by Crippen LogP contribution is -2.09. The van der Waals surface area contributed by atoms with Gasteiger partial charge in [0.1, 0.15) is 11.6 Å². The Labute approximate surface area is 96.4 Å². The van der Waals surface area contributed by atoms with E-state index in [0.717, 1.165) is 5.76 Å². The highest BCUT2D eigenvalue weighted by atomic mass is 16.3. The Morgan fingerprint density at radius 1 is 1.35 bits per heavy atom. The molecule has 3 rings (SSSR count). The van der Waals surface area contributed by atoms with Gasteiger partial charge in [0.25, 0.3) is 0 Å². The third-order valence-electron chi connectivity index (χ3n) is 2.40. The van der Waals surface area contributed by atoms with E-state index in [9.17, 15) is 0 Å². The van der Waals surface area contributed by atoms with Crippen molar-refractivity contribution in [2.75, 3.05) is 5.32 Å². The Morgan fingerprint density at radius 3 is 3.12 bits per heavy atom. The van der Waals surface area contributed by atoms with Crippen molar-refractivity contribution in [3.05, 3.63) is 36.3 Å². The van der Waals surface area contributed by atoms with Crippen LogP contribution in [0.5, 0.6) is 0 Å². The molecule has 0 aliphatic carbocycles. The molecule has 1 atom stereocenters. The number of rotatable bonds is 3. The molecule has 3 aromatic heterocycles. The number of fused-ring (bicyclic) bond motifs is 1. The number of nitrogens with one attached hydrogen (secondary N) is 1. The lowest BCUT2D eigenvalue weighted by atomic mass is 10.2. The van der Waals surface area contributed by atoms with Crippen molar-refractivity contribution in [3.63, 3.8) is 0 Å². The van der Waals surface area contributed by atoms with Crippen LogP contribution in [0.15, 0.2) is 34.9 Å². The number of furan rings is 1. The topological polar surface area (TPSA) is 81.1 Å². The summed E-state index contributed by atoms with van der Waals surface area (Å²) in [7, 11) is 0. The molecule has 1 unspecified atom stereocenters. The standard InChI is InChI=1S/C10H10N6O/c1-7(8-3-2-6-17-8)11-9-4-5-10-12-14-15-16(10)13-9/h2-7H,1H3,(H,11,13). The maximum atomic E-state index is 5.30. The molecule has 3 heterocycles. The summed E-state index contributed by atoms with van der Waals surface area (Å²) in [4.78, 5) is 0. The van der Waals surface area contributed by atoms with Crippen molar-refractivity contribution < 1.29 is 4.42 Å². The number of hydrogen-bond donors (Lipinski definition) is 1. The molecule has 0 bridgehead atoms. The SMILES string of the molecule is CC(Nc1ccc2nnnn2n1)c1ccco1. The van der Waals surface area contributed by atoms with Gasteiger partial charge in [-0.15, -0.1) is 14.8 Å². The van der Waals surface area contributed by atoms with Gasteiger partial charge in [0.15, 0.2) is 5.65 Å². The van der Waals surface area contributed by atoms with Crippen LogP contribution >= 0.6 is 0 Å². The molecule has 0 aliphatic rings. The number of hydrogen-bond acceptors (Lipinski definition) is 6. The molecule has 0 aromatic carbocycles. The van der Waals surface area contributed by atoms with Crippen molar-refractivity contribution in [1.29, 1.82) is 0 Å². The maximum Gasteiger partial charge on any atom is 0.200 e. The normalized spacial score (nSPS) is 12.8. The van der Waals surface area contributed by atoms with Gasteiger partial charge in [0, 0.05) is 0 Å². The first kappa shape index (κ1) is 9.76. The second-order valence-corrected chi connectivity index (χ2v) is 3.63. The van der Waals surface area contributed by atoms with E-state index in [1.54, 1.807) is 12.3 Å². The summed E-state index contributed by atoms with van der Waals surface area (Å²) in [5.74, 6) is 1.54. The summed E-state index contributed by atoms with van der Waals surface area (Å²) in [5, 5.41) is 18.5. The van der Waals surface area contributed by atoms with Crippen LogP contribution in [0.4, 0.5) is 5.82 Å². The number of tetrazole rings is 1. The molecule has 0 amide bonds. The first-order valence-electron chi connectivity index (χ1n) is 5.18. The minimum absolute atomic E-state index is 0.0337. The van der Waals surface area contributed by atoms with E-state index < -0.39 is 0 Å². The molecule has 0 spiro atoms. The van der Waals surface area contributed by atoms with Crippen molar-refractivity contribution >= 4 is 11.5 Å². The van der Waals surface area contributed by atoms with Crippen LogP contribution in [0.25, 0.3) is 5.65 Å². The Morgan fingerprint density at radius 2 is 2.29 bits per heavy atom. The summed E-state index contributed by atoms with van der Waals surface area (Å²) in [5.41, 5.74) is 0.612. The quantitative estimate of drug-likeness (QED) is 0.730. The van der Waals surface area contributed by atoms with E-state index in [2.05, 4.69) is 25.9 Å². The molecule has 17 heavy (non-hydrogen) atoms. The lowest BCUT2D eigenvalue weighted by molar-refractivity contribution is 0.489. The predicted molar refractivity (Wildman–Crippen MR) is 59.3 cm³/mol. The summed E-state index contributed by atoms with van der Waals surface area (Å²) in [6, 6.07) is 7.42. The van der Waals surface area contributed by atoms with Crippen molar-refractivity contribution in [2.45, 2.75) is 13.0 Å². The zero-order valence-electron chi connectivity index (χ0n) is 9.11. The minimum atomic E-state index is 0.0337. The Bertz CT molecular complexity index is 617. The van der Waals surface area contributed by atoms with Gasteiger partial charge in [-0.3, -0.25) is 0 Å². The molecule has 7 heteroatoms. The Kier molecular flexibility index (Phi) is 2.21. The fourth-order valence-corrected chi connectivity index (χ4v) is 1.56. The summed E-state index contributed by atoms with van der Waals surface area (Å²) < 4.78 is 6.67. The molecule has 0 saturated heterocycles. The van der Waals surface area contributed by atoms with Crippen LogP contribution in [0.1, 0.15) is 18.7 Å². The second-order valence-electron chi connectivity index (χ2n) is 3.63. The zero-order chi connectivity index (χ0) is 11.7. The first-order chi connectivity index (χ1) is 8.33. The van der Waals surface area contributed by atoms with E-state index in [0.29, 0.717) is 11.5 Å². The smallest absolute Gasteiger partial charge is 0.200 e. The monoisotopic (exact) mass is 230 g/mol. The first-order valence-corrected chi connectivity index (χ1v) is 5.18. The van der Waals surface area contributed by atoms with E-state index >= 15 is 0 Å². The highest BCUT2D eigenvalue weighted by Gasteiger charge is 2.09. The largest absolute Gasteiger partial charge is 0.467 e. The van der Waals surface area contributed by atoms with Gasteiger partial charge in [0.05, 0.1) is 12.3 Å². The molecule has 86 valence electrons. The molecule has 0 fully saturated rings. The van der Waals surface area contributed by atoms with Crippen molar-refractivity contribution in [2.24, 2.45) is 0 Å². The van der Waals surface area contributed by atoms with Crippen LogP contribution in [-0.4, -0.2) is 25.3 Å². The van der Waals surface area contributed by atoms with Crippen LogP contribution in [0, 0.1) is 0 Å². The molecule has 0 aliphatic heterocycles. The summed E-state index contributed by atoms with van der Waals surface area (Å²) in [6.45, 7) is 1.99. The van der Waals surface area contributed by atoms with Gasteiger partial charge in [-0.1, -0.05) is 0 Å². The highest BCUT2D eigenvalue weighted by molar-refractivity contribution is 5.43. The average molecular weight is 230 g/mol. The van der Waals surface area contributed by atoms with Crippen molar-refractivity contribution in [1.82, 2.24) is 25.3 Å². The van der Waals surface area contributed by atoms with Crippen molar-refractivity contribution in [3.8, 4) is 0 Å². The van der Waals surface area contributed by atoms with Gasteiger partial charge >= 0.3 is 0 Å². The predicted octanol–water partition coefficient (Wildman–Crippen LogP) is 1.29. The van der Waals surface area contributed by atoms with Gasteiger partial charge in [0.2, 0.25) is 0 Å². The molecule has 7 nitrogen and oxygen atoms in total. The zero-order valence-corrected chi connectivity index (χ0v) is 9.11. The van der Waals surface area contributed by atoms with E-state index in [4.69, 9.17) is 4.42 Å². The van der Waals surface area contributed by atoms with E-state index in [-0.39, 0.29) is 6.04 Å². The van der Waals surface area contributed by atoms with Gasteiger partial charge in [-0.25, -0.2) is 0 Å².